The Labute approximate surface area is 180 Å². The number of H-pyrrole nitrogens is 1. The van der Waals surface area contributed by atoms with E-state index in [4.69, 9.17) is 0 Å². The van der Waals surface area contributed by atoms with Crippen molar-refractivity contribution in [2.45, 2.75) is 20.3 Å². The van der Waals surface area contributed by atoms with Crippen LogP contribution in [0, 0.1) is 12.7 Å². The summed E-state index contributed by atoms with van der Waals surface area (Å²) in [5.74, 6) is -0.688. The number of rotatable bonds is 3. The topological polar surface area (TPSA) is 69.3 Å². The summed E-state index contributed by atoms with van der Waals surface area (Å²) in [6.45, 7) is 4.41. The molecule has 3 aromatic rings. The Bertz CT molecular complexity index is 1210. The molecular formula is C24H25FN4O2. The summed E-state index contributed by atoms with van der Waals surface area (Å²) in [5, 5.41) is 0.622. The third-order valence-corrected chi connectivity index (χ3v) is 5.65. The number of amides is 2. The van der Waals surface area contributed by atoms with Crippen LogP contribution < -0.4 is 0 Å². The van der Waals surface area contributed by atoms with E-state index in [1.807, 2.05) is 25.1 Å². The number of hydrogen-bond acceptors (Lipinski definition) is 3. The Kier molecular flexibility index (Phi) is 5.35. The molecule has 6 nitrogen and oxygen atoms in total. The molecule has 0 aliphatic carbocycles. The number of aromatic nitrogens is 2. The second-order valence-electron chi connectivity index (χ2n) is 8.10. The first-order valence-corrected chi connectivity index (χ1v) is 10.2. The fraction of sp³-hybridized carbons (Fsp3) is 0.292. The molecule has 0 saturated carbocycles. The average Bonchev–Trinajstić information content (AvgIpc) is 3.20. The molecule has 0 radical (unpaired) electrons. The van der Waals surface area contributed by atoms with Crippen LogP contribution in [0.4, 0.5) is 4.39 Å². The molecule has 1 N–H and O–H groups in total. The number of nitrogens with zero attached hydrogens (tertiary/aromatic N) is 3. The number of pyridine rings is 1. The highest BCUT2D eigenvalue weighted by Crippen LogP contribution is 2.36. The van der Waals surface area contributed by atoms with Crippen LogP contribution in [0.15, 0.2) is 36.5 Å². The molecule has 1 aromatic carbocycles. The van der Waals surface area contributed by atoms with Gasteiger partial charge in [-0.25, -0.2) is 4.39 Å². The summed E-state index contributed by atoms with van der Waals surface area (Å²) in [6.07, 6.45) is 4.40. The van der Waals surface area contributed by atoms with Gasteiger partial charge in [0.1, 0.15) is 5.69 Å². The lowest BCUT2D eigenvalue weighted by atomic mass is 9.93. The Morgan fingerprint density at radius 3 is 2.61 bits per heavy atom. The van der Waals surface area contributed by atoms with E-state index in [-0.39, 0.29) is 17.3 Å². The number of carbonyl (C=O) groups excluding carboxylic acids is 2. The van der Waals surface area contributed by atoms with Crippen molar-refractivity contribution in [2.75, 3.05) is 27.2 Å². The molecule has 0 spiro atoms. The Hall–Kier alpha value is -3.48. The van der Waals surface area contributed by atoms with Crippen molar-refractivity contribution in [3.05, 3.63) is 59.3 Å². The summed E-state index contributed by atoms with van der Waals surface area (Å²) in [7, 11) is 3.31. The van der Waals surface area contributed by atoms with Gasteiger partial charge in [0.05, 0.1) is 5.52 Å². The SMILES string of the molecule is CC(=O)N1CCC=C(c2cc(-c3ccc(C)nc3)c3cc(C(=O)N(C)C)[nH]c3c2F)C1. The van der Waals surface area contributed by atoms with Crippen LogP contribution >= 0.6 is 0 Å². The van der Waals surface area contributed by atoms with Crippen LogP contribution in [0.25, 0.3) is 27.6 Å². The van der Waals surface area contributed by atoms with Crippen LogP contribution in [-0.4, -0.2) is 58.8 Å². The van der Waals surface area contributed by atoms with Crippen molar-refractivity contribution in [1.29, 1.82) is 0 Å². The lowest BCUT2D eigenvalue weighted by Gasteiger charge is -2.27. The monoisotopic (exact) mass is 420 g/mol. The van der Waals surface area contributed by atoms with E-state index in [2.05, 4.69) is 9.97 Å². The zero-order valence-corrected chi connectivity index (χ0v) is 18.1. The van der Waals surface area contributed by atoms with Crippen molar-refractivity contribution in [3.63, 3.8) is 0 Å². The van der Waals surface area contributed by atoms with Gasteiger partial charge < -0.3 is 14.8 Å². The van der Waals surface area contributed by atoms with Gasteiger partial charge in [-0.2, -0.15) is 0 Å². The molecule has 4 rings (SSSR count). The van der Waals surface area contributed by atoms with E-state index in [1.54, 1.807) is 37.3 Å². The summed E-state index contributed by atoms with van der Waals surface area (Å²) >= 11 is 0. The molecule has 2 amide bonds. The molecule has 160 valence electrons. The zero-order valence-electron chi connectivity index (χ0n) is 18.1. The Morgan fingerprint density at radius 1 is 1.19 bits per heavy atom. The van der Waals surface area contributed by atoms with Gasteiger partial charge >= 0.3 is 0 Å². The third-order valence-electron chi connectivity index (χ3n) is 5.65. The first kappa shape index (κ1) is 20.8. The lowest BCUT2D eigenvalue weighted by molar-refractivity contribution is -0.128. The standard InChI is InChI=1S/C24H25FN4O2/c1-14-7-8-16(12-26-14)18-10-19(17-6-5-9-29(13-17)15(2)30)22(25)23-20(18)11-21(27-23)24(31)28(3)4/h6-8,10-12,27H,5,9,13H2,1-4H3. The number of benzene rings is 1. The molecule has 2 aromatic heterocycles. The van der Waals surface area contributed by atoms with Crippen molar-refractivity contribution >= 4 is 28.3 Å². The van der Waals surface area contributed by atoms with Crippen LogP contribution in [0.3, 0.4) is 0 Å². The zero-order chi connectivity index (χ0) is 22.3. The van der Waals surface area contributed by atoms with Crippen molar-refractivity contribution in [1.82, 2.24) is 19.8 Å². The van der Waals surface area contributed by atoms with Crippen molar-refractivity contribution in [2.24, 2.45) is 0 Å². The molecular weight excluding hydrogens is 395 g/mol. The predicted molar refractivity (Wildman–Crippen MR) is 119 cm³/mol. The molecule has 7 heteroatoms. The third kappa shape index (κ3) is 3.83. The second-order valence-corrected chi connectivity index (χ2v) is 8.10. The van der Waals surface area contributed by atoms with Crippen molar-refractivity contribution < 1.29 is 14.0 Å². The fourth-order valence-electron chi connectivity index (χ4n) is 3.92. The minimum atomic E-state index is -0.423. The van der Waals surface area contributed by atoms with E-state index in [0.29, 0.717) is 36.2 Å². The summed E-state index contributed by atoms with van der Waals surface area (Å²) in [6, 6.07) is 7.34. The minimum Gasteiger partial charge on any atom is -0.348 e. The van der Waals surface area contributed by atoms with Gasteiger partial charge in [-0.15, -0.1) is 0 Å². The number of halogens is 1. The maximum Gasteiger partial charge on any atom is 0.269 e. The summed E-state index contributed by atoms with van der Waals surface area (Å²) in [5.41, 5.74) is 4.29. The van der Waals surface area contributed by atoms with Crippen molar-refractivity contribution in [3.8, 4) is 11.1 Å². The molecule has 0 unspecified atom stereocenters. The highest BCUT2D eigenvalue weighted by Gasteiger charge is 2.24. The van der Waals surface area contributed by atoms with Crippen LogP contribution in [-0.2, 0) is 4.79 Å². The molecule has 0 saturated heterocycles. The van der Waals surface area contributed by atoms with Crippen LogP contribution in [0.1, 0.15) is 35.1 Å². The number of carbonyl (C=O) groups is 2. The molecule has 0 fully saturated rings. The first-order valence-electron chi connectivity index (χ1n) is 10.2. The van der Waals surface area contributed by atoms with Gasteiger partial charge in [0.25, 0.3) is 5.91 Å². The molecule has 1 aliphatic rings. The molecule has 0 bridgehead atoms. The number of aryl methyl sites for hydroxylation is 1. The van der Waals surface area contributed by atoms with E-state index in [1.165, 1.54) is 11.8 Å². The Morgan fingerprint density at radius 2 is 1.97 bits per heavy atom. The van der Waals surface area contributed by atoms with E-state index in [9.17, 15) is 9.59 Å². The largest absolute Gasteiger partial charge is 0.348 e. The van der Waals surface area contributed by atoms with Crippen LogP contribution in [0.5, 0.6) is 0 Å². The normalized spacial score (nSPS) is 14.0. The van der Waals surface area contributed by atoms with Gasteiger partial charge in [-0.1, -0.05) is 12.1 Å². The van der Waals surface area contributed by atoms with Gasteiger partial charge in [0.15, 0.2) is 5.82 Å². The fourth-order valence-corrected chi connectivity index (χ4v) is 3.92. The van der Waals surface area contributed by atoms with E-state index < -0.39 is 5.82 Å². The maximum atomic E-state index is 15.7. The van der Waals surface area contributed by atoms with Crippen LogP contribution in [0.2, 0.25) is 0 Å². The van der Waals surface area contributed by atoms with Gasteiger partial charge in [-0.3, -0.25) is 14.6 Å². The Balaban J connectivity index is 1.94. The summed E-state index contributed by atoms with van der Waals surface area (Å²) < 4.78 is 15.7. The molecule has 31 heavy (non-hydrogen) atoms. The highest BCUT2D eigenvalue weighted by molar-refractivity contribution is 6.04. The van der Waals surface area contributed by atoms with Gasteiger partial charge in [-0.05, 0) is 42.7 Å². The highest BCUT2D eigenvalue weighted by atomic mass is 19.1. The van der Waals surface area contributed by atoms with E-state index in [0.717, 1.165) is 22.4 Å². The van der Waals surface area contributed by atoms with Gasteiger partial charge in [0.2, 0.25) is 5.91 Å². The number of hydrogen-bond donors (Lipinski definition) is 1. The lowest BCUT2D eigenvalue weighted by Crippen LogP contribution is -2.33. The van der Waals surface area contributed by atoms with E-state index >= 15 is 4.39 Å². The van der Waals surface area contributed by atoms with Gasteiger partial charge in [0, 0.05) is 62.5 Å². The molecule has 3 heterocycles. The summed E-state index contributed by atoms with van der Waals surface area (Å²) in [4.78, 5) is 34.9. The number of aromatic amines is 1. The number of nitrogens with one attached hydrogen (secondary N) is 1. The maximum absolute atomic E-state index is 15.7. The molecule has 1 aliphatic heterocycles. The number of fused-ring (bicyclic) bond motifs is 1. The first-order chi connectivity index (χ1) is 14.8. The average molecular weight is 420 g/mol. The smallest absolute Gasteiger partial charge is 0.269 e. The quantitative estimate of drug-likeness (QED) is 0.696. The minimum absolute atomic E-state index is 0.0335. The predicted octanol–water partition coefficient (Wildman–Crippen LogP) is 4.01. The molecule has 0 atom stereocenters. The second kappa shape index (κ2) is 7.98.